The van der Waals surface area contributed by atoms with Crippen LogP contribution in [0.25, 0.3) is 0 Å². The highest BCUT2D eigenvalue weighted by atomic mass is 16.7. The van der Waals surface area contributed by atoms with Gasteiger partial charge in [-0.05, 0) is 19.3 Å². The second-order valence-electron chi connectivity index (χ2n) is 4.03. The Morgan fingerprint density at radius 1 is 1.36 bits per heavy atom. The summed E-state index contributed by atoms with van der Waals surface area (Å²) in [4.78, 5) is 0. The minimum atomic E-state index is -0.144. The second kappa shape index (κ2) is 4.57. The van der Waals surface area contributed by atoms with E-state index in [0.29, 0.717) is 18.2 Å². The fourth-order valence-corrected chi connectivity index (χ4v) is 2.36. The molecular formula is C10H19NO3. The average Bonchev–Trinajstić information content (AvgIpc) is 2.80. The Hall–Kier alpha value is -0.160. The van der Waals surface area contributed by atoms with Gasteiger partial charge in [-0.25, -0.2) is 0 Å². The number of nitrogens with one attached hydrogen (secondary N) is 1. The Kier molecular flexibility index (Phi) is 3.38. The molecule has 2 saturated heterocycles. The van der Waals surface area contributed by atoms with Gasteiger partial charge in [-0.2, -0.15) is 0 Å². The molecule has 0 aromatic heterocycles. The van der Waals surface area contributed by atoms with Gasteiger partial charge in [0.2, 0.25) is 0 Å². The van der Waals surface area contributed by atoms with Crippen molar-refractivity contribution in [1.29, 1.82) is 0 Å². The first kappa shape index (κ1) is 10.4. The molecule has 0 aromatic carbocycles. The summed E-state index contributed by atoms with van der Waals surface area (Å²) in [6.07, 6.45) is 4.36. The Labute approximate surface area is 84.9 Å². The zero-order valence-electron chi connectivity index (χ0n) is 8.86. The van der Waals surface area contributed by atoms with Crippen molar-refractivity contribution in [2.45, 2.75) is 43.8 Å². The van der Waals surface area contributed by atoms with Gasteiger partial charge in [0.15, 0.2) is 6.29 Å². The van der Waals surface area contributed by atoms with Gasteiger partial charge in [-0.1, -0.05) is 0 Å². The Bertz CT molecular complexity index is 184. The maximum atomic E-state index is 5.74. The molecule has 2 heterocycles. The molecule has 3 atom stereocenters. The van der Waals surface area contributed by atoms with Crippen LogP contribution in [0.1, 0.15) is 19.3 Å². The van der Waals surface area contributed by atoms with Gasteiger partial charge in [0.05, 0.1) is 12.2 Å². The van der Waals surface area contributed by atoms with E-state index in [1.165, 1.54) is 12.8 Å². The van der Waals surface area contributed by atoms with Gasteiger partial charge in [0.1, 0.15) is 0 Å². The average molecular weight is 201 g/mol. The summed E-state index contributed by atoms with van der Waals surface area (Å²) in [5.74, 6) is 0. The van der Waals surface area contributed by atoms with Gasteiger partial charge in [0, 0.05) is 26.8 Å². The van der Waals surface area contributed by atoms with E-state index in [1.807, 2.05) is 0 Å². The van der Waals surface area contributed by atoms with Gasteiger partial charge < -0.3 is 19.5 Å². The number of hydrogen-bond acceptors (Lipinski definition) is 4. The summed E-state index contributed by atoms with van der Waals surface area (Å²) in [7, 11) is 3.32. The molecule has 3 unspecified atom stereocenters. The van der Waals surface area contributed by atoms with Crippen LogP contribution in [0, 0.1) is 0 Å². The quantitative estimate of drug-likeness (QED) is 0.658. The molecule has 2 bridgehead atoms. The minimum absolute atomic E-state index is 0.144. The maximum absolute atomic E-state index is 5.74. The van der Waals surface area contributed by atoms with E-state index in [0.717, 1.165) is 13.0 Å². The summed E-state index contributed by atoms with van der Waals surface area (Å²) in [5.41, 5.74) is 0. The largest absolute Gasteiger partial charge is 0.373 e. The van der Waals surface area contributed by atoms with Crippen molar-refractivity contribution in [2.24, 2.45) is 0 Å². The second-order valence-corrected chi connectivity index (χ2v) is 4.03. The lowest BCUT2D eigenvalue weighted by Crippen LogP contribution is -2.42. The third-order valence-electron chi connectivity index (χ3n) is 3.18. The fourth-order valence-electron chi connectivity index (χ4n) is 2.36. The van der Waals surface area contributed by atoms with Crippen molar-refractivity contribution in [2.75, 3.05) is 20.8 Å². The topological polar surface area (TPSA) is 39.7 Å². The summed E-state index contributed by atoms with van der Waals surface area (Å²) in [6, 6.07) is 0.501. The number of fused-ring (bicyclic) bond motifs is 2. The number of hydrogen-bond donors (Lipinski definition) is 1. The van der Waals surface area contributed by atoms with Crippen molar-refractivity contribution < 1.29 is 14.2 Å². The maximum Gasteiger partial charge on any atom is 0.169 e. The summed E-state index contributed by atoms with van der Waals surface area (Å²) < 4.78 is 16.0. The molecule has 14 heavy (non-hydrogen) atoms. The Morgan fingerprint density at radius 2 is 2.14 bits per heavy atom. The van der Waals surface area contributed by atoms with Crippen molar-refractivity contribution in [3.8, 4) is 0 Å². The summed E-state index contributed by atoms with van der Waals surface area (Å²) in [5, 5.41) is 3.44. The van der Waals surface area contributed by atoms with Crippen LogP contribution in [-0.2, 0) is 14.2 Å². The van der Waals surface area contributed by atoms with Gasteiger partial charge in [-0.15, -0.1) is 0 Å². The van der Waals surface area contributed by atoms with Crippen molar-refractivity contribution in [3.63, 3.8) is 0 Å². The normalized spacial score (nSPS) is 35.8. The molecule has 4 nitrogen and oxygen atoms in total. The number of ether oxygens (including phenoxy) is 3. The molecule has 0 radical (unpaired) electrons. The molecule has 0 aromatic rings. The van der Waals surface area contributed by atoms with Gasteiger partial charge in [-0.3, -0.25) is 0 Å². The highest BCUT2D eigenvalue weighted by Crippen LogP contribution is 2.34. The molecule has 0 saturated carbocycles. The molecule has 2 aliphatic rings. The van der Waals surface area contributed by atoms with Crippen LogP contribution in [0.15, 0.2) is 0 Å². The van der Waals surface area contributed by atoms with E-state index >= 15 is 0 Å². The lowest BCUT2D eigenvalue weighted by atomic mass is 9.95. The van der Waals surface area contributed by atoms with Crippen LogP contribution >= 0.6 is 0 Å². The molecule has 4 heteroatoms. The van der Waals surface area contributed by atoms with E-state index in [9.17, 15) is 0 Å². The highest BCUT2D eigenvalue weighted by Gasteiger charge is 2.40. The SMILES string of the molecule is COC(CNC1CC2CCC1O2)OC. The van der Waals surface area contributed by atoms with E-state index in [1.54, 1.807) is 14.2 Å². The van der Waals surface area contributed by atoms with Crippen molar-refractivity contribution in [1.82, 2.24) is 5.32 Å². The van der Waals surface area contributed by atoms with E-state index in [-0.39, 0.29) is 6.29 Å². The Balaban J connectivity index is 1.71. The van der Waals surface area contributed by atoms with E-state index < -0.39 is 0 Å². The lowest BCUT2D eigenvalue weighted by Gasteiger charge is -2.22. The third-order valence-corrected chi connectivity index (χ3v) is 3.18. The predicted octanol–water partition coefficient (Wildman–Crippen LogP) is 0.515. The summed E-state index contributed by atoms with van der Waals surface area (Å²) >= 11 is 0. The van der Waals surface area contributed by atoms with Gasteiger partial charge in [0.25, 0.3) is 0 Å². The predicted molar refractivity (Wildman–Crippen MR) is 52.1 cm³/mol. The molecule has 2 fully saturated rings. The molecule has 2 aliphatic heterocycles. The van der Waals surface area contributed by atoms with Crippen LogP contribution in [0.2, 0.25) is 0 Å². The summed E-state index contributed by atoms with van der Waals surface area (Å²) in [6.45, 7) is 0.740. The highest BCUT2D eigenvalue weighted by molar-refractivity contribution is 4.93. The monoisotopic (exact) mass is 201 g/mol. The van der Waals surface area contributed by atoms with Gasteiger partial charge >= 0.3 is 0 Å². The van der Waals surface area contributed by atoms with Crippen LogP contribution in [-0.4, -0.2) is 45.3 Å². The number of methoxy groups -OCH3 is 2. The minimum Gasteiger partial charge on any atom is -0.373 e. The van der Waals surface area contributed by atoms with Crippen LogP contribution in [0.4, 0.5) is 0 Å². The molecule has 1 N–H and O–H groups in total. The molecular weight excluding hydrogens is 182 g/mol. The molecule has 0 amide bonds. The first-order chi connectivity index (χ1) is 6.83. The third kappa shape index (κ3) is 2.08. The number of rotatable bonds is 5. The van der Waals surface area contributed by atoms with E-state index in [4.69, 9.17) is 14.2 Å². The molecule has 2 rings (SSSR count). The zero-order valence-corrected chi connectivity index (χ0v) is 8.86. The molecule has 0 aliphatic carbocycles. The zero-order chi connectivity index (χ0) is 9.97. The van der Waals surface area contributed by atoms with Crippen LogP contribution in [0.3, 0.4) is 0 Å². The first-order valence-electron chi connectivity index (χ1n) is 5.28. The smallest absolute Gasteiger partial charge is 0.169 e. The first-order valence-corrected chi connectivity index (χ1v) is 5.28. The van der Waals surface area contributed by atoms with E-state index in [2.05, 4.69) is 5.32 Å². The van der Waals surface area contributed by atoms with Crippen molar-refractivity contribution >= 4 is 0 Å². The molecule has 0 spiro atoms. The Morgan fingerprint density at radius 3 is 2.64 bits per heavy atom. The molecule has 82 valence electrons. The fraction of sp³-hybridized carbons (Fsp3) is 1.00. The van der Waals surface area contributed by atoms with Crippen molar-refractivity contribution in [3.05, 3.63) is 0 Å². The van der Waals surface area contributed by atoms with Crippen LogP contribution < -0.4 is 5.32 Å². The standard InChI is InChI=1S/C10H19NO3/c1-12-10(13-2)6-11-8-5-7-3-4-9(8)14-7/h7-11H,3-6H2,1-2H3. The van der Waals surface area contributed by atoms with Crippen LogP contribution in [0.5, 0.6) is 0 Å². The lowest BCUT2D eigenvalue weighted by molar-refractivity contribution is -0.100.